The molecule has 0 atom stereocenters. The Bertz CT molecular complexity index is 1170. The van der Waals surface area contributed by atoms with E-state index in [1.807, 2.05) is 10.8 Å². The van der Waals surface area contributed by atoms with Crippen molar-refractivity contribution in [2.75, 3.05) is 11.1 Å². The van der Waals surface area contributed by atoms with E-state index >= 15 is 0 Å². The summed E-state index contributed by atoms with van der Waals surface area (Å²) in [4.78, 5) is 8.39. The van der Waals surface area contributed by atoms with Gasteiger partial charge in [-0.25, -0.2) is 18.4 Å². The van der Waals surface area contributed by atoms with E-state index in [0.717, 1.165) is 25.1 Å². The first-order chi connectivity index (χ1) is 14.2. The first kappa shape index (κ1) is 20.4. The zero-order valence-electron chi connectivity index (χ0n) is 16.0. The lowest BCUT2D eigenvalue weighted by Crippen LogP contribution is -2.06. The van der Waals surface area contributed by atoms with Crippen molar-refractivity contribution in [2.45, 2.75) is 36.9 Å². The molecule has 0 amide bonds. The average molecular weight is 436 g/mol. The Morgan fingerprint density at radius 1 is 1.17 bits per heavy atom. The molecule has 0 bridgehead atoms. The van der Waals surface area contributed by atoms with Crippen LogP contribution in [0.3, 0.4) is 0 Å². The van der Waals surface area contributed by atoms with Crippen molar-refractivity contribution < 1.29 is 21.6 Å². The van der Waals surface area contributed by atoms with Gasteiger partial charge in [0.2, 0.25) is 0 Å². The fourth-order valence-electron chi connectivity index (χ4n) is 3.03. The second-order valence-electron chi connectivity index (χ2n) is 7.10. The van der Waals surface area contributed by atoms with Crippen LogP contribution in [-0.2, 0) is 16.0 Å². The number of nitrogens with zero attached hydrogens (tertiary/aromatic N) is 3. The molecule has 1 fully saturated rings. The van der Waals surface area contributed by atoms with Crippen LogP contribution >= 0.6 is 0 Å². The van der Waals surface area contributed by atoms with Crippen LogP contribution in [0.2, 0.25) is 0 Å². The molecule has 2 aromatic heterocycles. The van der Waals surface area contributed by atoms with E-state index in [4.69, 9.17) is 0 Å². The van der Waals surface area contributed by atoms with Crippen molar-refractivity contribution in [2.24, 2.45) is 0 Å². The summed E-state index contributed by atoms with van der Waals surface area (Å²) in [6, 6.07) is 7.14. The molecule has 1 saturated carbocycles. The second-order valence-corrected chi connectivity index (χ2v) is 9.38. The summed E-state index contributed by atoms with van der Waals surface area (Å²) in [7, 11) is -3.44. The van der Waals surface area contributed by atoms with Crippen molar-refractivity contribution in [1.82, 2.24) is 14.5 Å². The molecule has 0 saturated heterocycles. The maximum absolute atomic E-state index is 12.8. The highest BCUT2D eigenvalue weighted by atomic mass is 32.2. The number of pyridine rings is 1. The molecule has 2 heterocycles. The van der Waals surface area contributed by atoms with Crippen molar-refractivity contribution in [3.8, 4) is 11.3 Å². The van der Waals surface area contributed by atoms with Gasteiger partial charge in [-0.05, 0) is 43.2 Å². The van der Waals surface area contributed by atoms with E-state index in [-0.39, 0.29) is 16.5 Å². The second kappa shape index (κ2) is 7.42. The van der Waals surface area contributed by atoms with Gasteiger partial charge in [-0.1, -0.05) is 6.92 Å². The number of sulfone groups is 1. The Morgan fingerprint density at radius 2 is 1.93 bits per heavy atom. The minimum absolute atomic E-state index is 0.0454. The number of imidazole rings is 1. The van der Waals surface area contributed by atoms with E-state index < -0.39 is 21.6 Å². The third-order valence-electron chi connectivity index (χ3n) is 4.93. The Balaban J connectivity index is 1.72. The van der Waals surface area contributed by atoms with Crippen LogP contribution in [0, 0.1) is 0 Å². The van der Waals surface area contributed by atoms with Crippen molar-refractivity contribution in [3.05, 3.63) is 54.6 Å². The number of halogens is 3. The summed E-state index contributed by atoms with van der Waals surface area (Å²) < 4.78 is 65.0. The van der Waals surface area contributed by atoms with Crippen LogP contribution in [0.5, 0.6) is 0 Å². The summed E-state index contributed by atoms with van der Waals surface area (Å²) in [6.07, 6.45) is 1.97. The fourth-order valence-corrected chi connectivity index (χ4v) is 3.93. The van der Waals surface area contributed by atoms with Gasteiger partial charge in [0.1, 0.15) is 5.82 Å². The number of aromatic nitrogens is 3. The molecule has 30 heavy (non-hydrogen) atoms. The lowest BCUT2D eigenvalue weighted by molar-refractivity contribution is -0.137. The predicted molar refractivity (Wildman–Crippen MR) is 106 cm³/mol. The Hall–Kier alpha value is -2.88. The van der Waals surface area contributed by atoms with Gasteiger partial charge in [0.05, 0.1) is 28.2 Å². The molecule has 158 valence electrons. The summed E-state index contributed by atoms with van der Waals surface area (Å²) in [5.41, 5.74) is 0.759. The smallest absolute Gasteiger partial charge is 0.340 e. The van der Waals surface area contributed by atoms with Gasteiger partial charge >= 0.3 is 6.18 Å². The molecule has 4 rings (SSSR count). The largest absolute Gasteiger partial charge is 0.417 e. The molecule has 1 N–H and O–H groups in total. The summed E-state index contributed by atoms with van der Waals surface area (Å²) in [5, 5.41) is 2.98. The minimum atomic E-state index is -4.47. The molecule has 10 heteroatoms. The quantitative estimate of drug-likeness (QED) is 0.599. The highest BCUT2D eigenvalue weighted by Gasteiger charge is 2.30. The van der Waals surface area contributed by atoms with Crippen LogP contribution in [0.25, 0.3) is 11.3 Å². The Morgan fingerprint density at radius 3 is 2.53 bits per heavy atom. The molecule has 0 spiro atoms. The normalized spacial score (nSPS) is 14.7. The van der Waals surface area contributed by atoms with E-state index in [2.05, 4.69) is 15.3 Å². The van der Waals surface area contributed by atoms with Crippen LogP contribution in [-0.4, -0.2) is 28.7 Å². The summed E-state index contributed by atoms with van der Waals surface area (Å²) in [5.74, 6) is 0.160. The van der Waals surface area contributed by atoms with Gasteiger partial charge in [-0.15, -0.1) is 0 Å². The van der Waals surface area contributed by atoms with Crippen LogP contribution in [0.1, 0.15) is 31.4 Å². The molecule has 0 unspecified atom stereocenters. The SMILES string of the molecule is CCS(=O)(=O)c1ccc(Nc2ccc(C(F)(F)F)cn2)c(-c2cn(C3CC3)cn2)c1. The number of rotatable bonds is 6. The lowest BCUT2D eigenvalue weighted by Gasteiger charge is -2.13. The molecule has 0 aliphatic heterocycles. The molecular formula is C20H19F3N4O2S. The number of hydrogen-bond acceptors (Lipinski definition) is 5. The lowest BCUT2D eigenvalue weighted by atomic mass is 10.1. The fraction of sp³-hybridized carbons (Fsp3) is 0.300. The molecule has 0 radical (unpaired) electrons. The standard InChI is InChI=1S/C20H19F3N4O2S/c1-2-30(28,29)15-6-7-17(26-19-8-3-13(10-24-19)20(21,22)23)16(9-15)18-11-27(12-25-18)14-4-5-14/h3,6-12,14H,2,4-5H2,1H3,(H,24,26). The first-order valence-electron chi connectivity index (χ1n) is 9.38. The molecule has 1 aromatic carbocycles. The van der Waals surface area contributed by atoms with Crippen LogP contribution in [0.4, 0.5) is 24.7 Å². The van der Waals surface area contributed by atoms with Gasteiger partial charge in [0.15, 0.2) is 9.84 Å². The monoisotopic (exact) mass is 436 g/mol. The minimum Gasteiger partial charge on any atom is -0.340 e. The van der Waals surface area contributed by atoms with Crippen molar-refractivity contribution >= 4 is 21.3 Å². The zero-order valence-corrected chi connectivity index (χ0v) is 16.8. The van der Waals surface area contributed by atoms with Crippen LogP contribution < -0.4 is 5.32 Å². The van der Waals surface area contributed by atoms with Crippen LogP contribution in [0.15, 0.2) is 53.9 Å². The summed E-state index contributed by atoms with van der Waals surface area (Å²) in [6.45, 7) is 1.56. The van der Waals surface area contributed by atoms with E-state index in [1.165, 1.54) is 18.2 Å². The zero-order chi connectivity index (χ0) is 21.5. The van der Waals surface area contributed by atoms with Gasteiger partial charge in [-0.3, -0.25) is 0 Å². The topological polar surface area (TPSA) is 76.9 Å². The Kier molecular flexibility index (Phi) is 5.05. The number of nitrogens with one attached hydrogen (secondary N) is 1. The molecule has 6 nitrogen and oxygen atoms in total. The number of hydrogen-bond donors (Lipinski definition) is 1. The Labute approximate surface area is 171 Å². The molecule has 1 aliphatic carbocycles. The maximum Gasteiger partial charge on any atom is 0.417 e. The van der Waals surface area contributed by atoms with Crippen molar-refractivity contribution in [3.63, 3.8) is 0 Å². The number of alkyl halides is 3. The average Bonchev–Trinajstić information content (AvgIpc) is 3.45. The summed E-state index contributed by atoms with van der Waals surface area (Å²) >= 11 is 0. The highest BCUT2D eigenvalue weighted by Crippen LogP contribution is 2.37. The molecule has 1 aliphatic rings. The maximum atomic E-state index is 12.8. The predicted octanol–water partition coefficient (Wildman–Crippen LogP) is 4.84. The highest BCUT2D eigenvalue weighted by molar-refractivity contribution is 7.91. The van der Waals surface area contributed by atoms with Crippen molar-refractivity contribution in [1.29, 1.82) is 0 Å². The molecule has 3 aromatic rings. The van der Waals surface area contributed by atoms with Gasteiger partial charge in [0, 0.05) is 29.7 Å². The number of benzene rings is 1. The number of anilines is 2. The molecular weight excluding hydrogens is 417 g/mol. The van der Waals surface area contributed by atoms with Gasteiger partial charge in [0.25, 0.3) is 0 Å². The third-order valence-corrected chi connectivity index (χ3v) is 6.66. The van der Waals surface area contributed by atoms with Gasteiger partial charge in [-0.2, -0.15) is 13.2 Å². The van der Waals surface area contributed by atoms with E-state index in [0.29, 0.717) is 23.0 Å². The van der Waals surface area contributed by atoms with Gasteiger partial charge < -0.3 is 9.88 Å². The van der Waals surface area contributed by atoms with E-state index in [1.54, 1.807) is 19.3 Å². The van der Waals surface area contributed by atoms with E-state index in [9.17, 15) is 21.6 Å². The third kappa shape index (κ3) is 4.18. The first-order valence-corrected chi connectivity index (χ1v) is 11.0.